The van der Waals surface area contributed by atoms with Crippen molar-refractivity contribution in [1.29, 1.82) is 0 Å². The Morgan fingerprint density at radius 3 is 2.72 bits per heavy atom. The highest BCUT2D eigenvalue weighted by Gasteiger charge is 2.15. The zero-order valence-electron chi connectivity index (χ0n) is 11.1. The highest BCUT2D eigenvalue weighted by Crippen LogP contribution is 2.28. The molecule has 3 nitrogen and oxygen atoms in total. The smallest absolute Gasteiger partial charge is 0.150 e. The molecule has 1 unspecified atom stereocenters. The number of rotatable bonds is 7. The Morgan fingerprint density at radius 2 is 2.22 bits per heavy atom. The molecule has 1 rings (SSSR count). The molecule has 0 amide bonds. The maximum Gasteiger partial charge on any atom is 0.150 e. The standard InChI is InChI=1S/C14H20ClNO2/c1-4-11(2)16(7-8-18-3)14-6-5-12(10-17)9-13(14)15/h5-6,9-11H,4,7-8H2,1-3H3. The molecule has 0 radical (unpaired) electrons. The lowest BCUT2D eigenvalue weighted by atomic mass is 10.1. The maximum absolute atomic E-state index is 10.7. The van der Waals surface area contributed by atoms with Crippen molar-refractivity contribution in [3.63, 3.8) is 0 Å². The van der Waals surface area contributed by atoms with Crippen molar-refractivity contribution >= 4 is 23.6 Å². The van der Waals surface area contributed by atoms with Crippen LogP contribution < -0.4 is 4.90 Å². The van der Waals surface area contributed by atoms with Crippen LogP contribution >= 0.6 is 11.6 Å². The van der Waals surface area contributed by atoms with Crippen molar-refractivity contribution in [3.05, 3.63) is 28.8 Å². The van der Waals surface area contributed by atoms with Gasteiger partial charge >= 0.3 is 0 Å². The van der Waals surface area contributed by atoms with E-state index in [0.29, 0.717) is 23.2 Å². The van der Waals surface area contributed by atoms with Crippen LogP contribution in [0.1, 0.15) is 30.6 Å². The quantitative estimate of drug-likeness (QED) is 0.711. The fourth-order valence-corrected chi connectivity index (χ4v) is 2.12. The van der Waals surface area contributed by atoms with Crippen LogP contribution in [0.2, 0.25) is 5.02 Å². The third-order valence-electron chi connectivity index (χ3n) is 3.08. The summed E-state index contributed by atoms with van der Waals surface area (Å²) in [5.41, 5.74) is 1.55. The van der Waals surface area contributed by atoms with Crippen LogP contribution in [-0.4, -0.2) is 32.6 Å². The normalized spacial score (nSPS) is 12.2. The van der Waals surface area contributed by atoms with Gasteiger partial charge in [0.15, 0.2) is 0 Å². The predicted molar refractivity (Wildman–Crippen MR) is 75.8 cm³/mol. The monoisotopic (exact) mass is 269 g/mol. The molecule has 1 atom stereocenters. The number of benzene rings is 1. The Labute approximate surface area is 114 Å². The first-order valence-electron chi connectivity index (χ1n) is 6.14. The summed E-state index contributed by atoms with van der Waals surface area (Å²) in [5, 5.41) is 0.607. The molecule has 0 fully saturated rings. The van der Waals surface area contributed by atoms with Gasteiger partial charge < -0.3 is 9.64 Å². The second-order valence-corrected chi connectivity index (χ2v) is 4.68. The van der Waals surface area contributed by atoms with Crippen molar-refractivity contribution in [2.45, 2.75) is 26.3 Å². The van der Waals surface area contributed by atoms with Gasteiger partial charge in [-0.1, -0.05) is 18.5 Å². The van der Waals surface area contributed by atoms with Crippen LogP contribution in [0.25, 0.3) is 0 Å². The van der Waals surface area contributed by atoms with Gasteiger partial charge in [-0.3, -0.25) is 4.79 Å². The Hall–Kier alpha value is -1.06. The summed E-state index contributed by atoms with van der Waals surface area (Å²) < 4.78 is 5.13. The number of anilines is 1. The number of hydrogen-bond donors (Lipinski definition) is 0. The average molecular weight is 270 g/mol. The van der Waals surface area contributed by atoms with E-state index in [2.05, 4.69) is 18.7 Å². The molecule has 4 heteroatoms. The Kier molecular flexibility index (Phi) is 6.16. The number of methoxy groups -OCH3 is 1. The van der Waals surface area contributed by atoms with E-state index in [1.807, 2.05) is 6.07 Å². The number of carbonyl (C=O) groups is 1. The minimum atomic E-state index is 0.375. The second-order valence-electron chi connectivity index (χ2n) is 4.27. The van der Waals surface area contributed by atoms with Crippen molar-refractivity contribution in [2.75, 3.05) is 25.2 Å². The molecule has 0 bridgehead atoms. The summed E-state index contributed by atoms with van der Waals surface area (Å²) in [6, 6.07) is 5.76. The zero-order valence-corrected chi connectivity index (χ0v) is 11.9. The Morgan fingerprint density at radius 1 is 1.50 bits per heavy atom. The van der Waals surface area contributed by atoms with E-state index in [-0.39, 0.29) is 0 Å². The summed E-state index contributed by atoms with van der Waals surface area (Å²) in [4.78, 5) is 12.9. The molecular formula is C14H20ClNO2. The third kappa shape index (κ3) is 3.72. The van der Waals surface area contributed by atoms with Crippen LogP contribution in [0.5, 0.6) is 0 Å². The van der Waals surface area contributed by atoms with E-state index < -0.39 is 0 Å². The molecule has 0 heterocycles. The van der Waals surface area contributed by atoms with Gasteiger partial charge in [0.1, 0.15) is 6.29 Å². The molecule has 0 N–H and O–H groups in total. The molecule has 100 valence electrons. The van der Waals surface area contributed by atoms with Gasteiger partial charge in [0.25, 0.3) is 0 Å². The molecule has 0 saturated heterocycles. The number of carbonyl (C=O) groups excluding carboxylic acids is 1. The van der Waals surface area contributed by atoms with Gasteiger partial charge in [-0.25, -0.2) is 0 Å². The summed E-state index contributed by atoms with van der Waals surface area (Å²) in [7, 11) is 1.69. The third-order valence-corrected chi connectivity index (χ3v) is 3.38. The highest BCUT2D eigenvalue weighted by atomic mass is 35.5. The van der Waals surface area contributed by atoms with E-state index in [4.69, 9.17) is 16.3 Å². The van der Waals surface area contributed by atoms with Crippen LogP contribution in [0.15, 0.2) is 18.2 Å². The molecule has 0 aromatic heterocycles. The fraction of sp³-hybridized carbons (Fsp3) is 0.500. The molecule has 18 heavy (non-hydrogen) atoms. The van der Waals surface area contributed by atoms with Crippen molar-refractivity contribution in [3.8, 4) is 0 Å². The van der Waals surface area contributed by atoms with E-state index in [1.54, 1.807) is 19.2 Å². The minimum absolute atomic E-state index is 0.375. The number of hydrogen-bond acceptors (Lipinski definition) is 3. The van der Waals surface area contributed by atoms with Gasteiger partial charge in [-0.15, -0.1) is 0 Å². The van der Waals surface area contributed by atoms with Crippen molar-refractivity contribution in [2.24, 2.45) is 0 Å². The summed E-state index contributed by atoms with van der Waals surface area (Å²) in [6.45, 7) is 5.72. The molecule has 0 aliphatic rings. The maximum atomic E-state index is 10.7. The highest BCUT2D eigenvalue weighted by molar-refractivity contribution is 6.33. The van der Waals surface area contributed by atoms with Gasteiger partial charge in [0.2, 0.25) is 0 Å². The molecule has 0 saturated carbocycles. The van der Waals surface area contributed by atoms with Gasteiger partial charge in [0, 0.05) is 25.3 Å². The number of ether oxygens (including phenoxy) is 1. The first-order valence-corrected chi connectivity index (χ1v) is 6.52. The van der Waals surface area contributed by atoms with Crippen LogP contribution in [0.4, 0.5) is 5.69 Å². The molecule has 1 aromatic carbocycles. The van der Waals surface area contributed by atoms with Gasteiger partial charge in [0.05, 0.1) is 17.3 Å². The van der Waals surface area contributed by atoms with Crippen molar-refractivity contribution in [1.82, 2.24) is 0 Å². The minimum Gasteiger partial charge on any atom is -0.383 e. The first-order chi connectivity index (χ1) is 8.63. The van der Waals surface area contributed by atoms with E-state index in [0.717, 1.165) is 24.9 Å². The second kappa shape index (κ2) is 7.39. The topological polar surface area (TPSA) is 29.5 Å². The fourth-order valence-electron chi connectivity index (χ4n) is 1.82. The predicted octanol–water partition coefficient (Wildman–Crippen LogP) is 3.40. The van der Waals surface area contributed by atoms with E-state index in [9.17, 15) is 4.79 Å². The van der Waals surface area contributed by atoms with Gasteiger partial charge in [-0.05, 0) is 31.5 Å². The molecule has 0 aliphatic heterocycles. The lowest BCUT2D eigenvalue weighted by Crippen LogP contribution is -2.35. The Bertz CT molecular complexity index is 395. The first kappa shape index (κ1) is 15.0. The lowest BCUT2D eigenvalue weighted by molar-refractivity contribution is 0.112. The lowest BCUT2D eigenvalue weighted by Gasteiger charge is -2.31. The van der Waals surface area contributed by atoms with E-state index in [1.165, 1.54) is 0 Å². The number of nitrogens with zero attached hydrogens (tertiary/aromatic N) is 1. The summed E-state index contributed by atoms with van der Waals surface area (Å²) in [6.07, 6.45) is 1.83. The summed E-state index contributed by atoms with van der Waals surface area (Å²) in [5.74, 6) is 0. The largest absolute Gasteiger partial charge is 0.383 e. The number of aldehydes is 1. The van der Waals surface area contributed by atoms with E-state index >= 15 is 0 Å². The van der Waals surface area contributed by atoms with Crippen LogP contribution in [0.3, 0.4) is 0 Å². The van der Waals surface area contributed by atoms with Gasteiger partial charge in [-0.2, -0.15) is 0 Å². The Balaban J connectivity index is 3.00. The molecular weight excluding hydrogens is 250 g/mol. The summed E-state index contributed by atoms with van der Waals surface area (Å²) >= 11 is 6.24. The van der Waals surface area contributed by atoms with Crippen LogP contribution in [0, 0.1) is 0 Å². The molecule has 1 aromatic rings. The van der Waals surface area contributed by atoms with Crippen LogP contribution in [-0.2, 0) is 4.74 Å². The van der Waals surface area contributed by atoms with Crippen molar-refractivity contribution < 1.29 is 9.53 Å². The molecule has 0 aliphatic carbocycles. The zero-order chi connectivity index (χ0) is 13.5. The number of halogens is 1. The molecule has 0 spiro atoms. The average Bonchev–Trinajstić information content (AvgIpc) is 2.39. The SMILES string of the molecule is CCC(C)N(CCOC)c1ccc(C=O)cc1Cl.